The Morgan fingerprint density at radius 3 is 2.71 bits per heavy atom. The van der Waals surface area contributed by atoms with Crippen molar-refractivity contribution in [2.75, 3.05) is 18.2 Å². The van der Waals surface area contributed by atoms with Crippen LogP contribution in [-0.4, -0.2) is 44.5 Å². The molecule has 0 bridgehead atoms. The minimum atomic E-state index is -0.489. The third kappa shape index (κ3) is 5.28. The van der Waals surface area contributed by atoms with Crippen molar-refractivity contribution in [1.82, 2.24) is 19.7 Å². The van der Waals surface area contributed by atoms with Gasteiger partial charge in [0, 0.05) is 35.4 Å². The van der Waals surface area contributed by atoms with Crippen LogP contribution in [0.15, 0.2) is 53.3 Å². The van der Waals surface area contributed by atoms with Crippen LogP contribution in [0.4, 0.5) is 5.00 Å². The number of methoxy groups -OCH3 is 1. The Morgan fingerprint density at radius 2 is 2.00 bits per heavy atom. The van der Waals surface area contributed by atoms with E-state index in [1.807, 2.05) is 61.1 Å². The number of pyridine rings is 1. The maximum atomic E-state index is 12.8. The molecule has 0 aliphatic carbocycles. The van der Waals surface area contributed by atoms with Crippen LogP contribution in [0.25, 0.3) is 22.5 Å². The molecule has 0 atom stereocenters. The zero-order valence-corrected chi connectivity index (χ0v) is 21.5. The minimum Gasteiger partial charge on any atom is -0.465 e. The van der Waals surface area contributed by atoms with Gasteiger partial charge in [0.1, 0.15) is 10.6 Å². The van der Waals surface area contributed by atoms with Gasteiger partial charge in [0.2, 0.25) is 5.91 Å². The lowest BCUT2D eigenvalue weighted by Gasteiger charge is -2.10. The van der Waals surface area contributed by atoms with E-state index >= 15 is 0 Å². The highest BCUT2D eigenvalue weighted by Gasteiger charge is 2.24. The second kappa shape index (κ2) is 10.8. The summed E-state index contributed by atoms with van der Waals surface area (Å²) in [6.45, 7) is 6.64. The summed E-state index contributed by atoms with van der Waals surface area (Å²) >= 11 is 2.59. The van der Waals surface area contributed by atoms with Gasteiger partial charge in [0.05, 0.1) is 12.9 Å². The van der Waals surface area contributed by atoms with Crippen LogP contribution in [0.3, 0.4) is 0 Å². The summed E-state index contributed by atoms with van der Waals surface area (Å²) in [6.07, 6.45) is 3.44. The van der Waals surface area contributed by atoms with E-state index in [9.17, 15) is 9.59 Å². The van der Waals surface area contributed by atoms with Gasteiger partial charge in [-0.3, -0.25) is 9.78 Å². The Labute approximate surface area is 211 Å². The highest BCUT2D eigenvalue weighted by molar-refractivity contribution is 7.99. The number of hydrogen-bond acceptors (Lipinski definition) is 8. The highest BCUT2D eigenvalue weighted by atomic mass is 32.2. The quantitative estimate of drug-likeness (QED) is 0.258. The molecule has 0 fully saturated rings. The van der Waals surface area contributed by atoms with Crippen LogP contribution in [-0.2, 0) is 16.1 Å². The van der Waals surface area contributed by atoms with Crippen molar-refractivity contribution in [2.24, 2.45) is 0 Å². The summed E-state index contributed by atoms with van der Waals surface area (Å²) in [5.41, 5.74) is 5.03. The Balaban J connectivity index is 1.53. The first-order valence-corrected chi connectivity index (χ1v) is 12.8. The molecule has 3 heterocycles. The number of nitrogens with one attached hydrogen (secondary N) is 1. The molecule has 1 amide bonds. The van der Waals surface area contributed by atoms with Crippen LogP contribution in [0.1, 0.15) is 28.4 Å². The lowest BCUT2D eigenvalue weighted by molar-refractivity contribution is -0.113. The molecule has 0 saturated carbocycles. The summed E-state index contributed by atoms with van der Waals surface area (Å²) in [5.74, 6) is 0.0793. The number of anilines is 1. The molecule has 0 radical (unpaired) electrons. The molecule has 3 aromatic heterocycles. The van der Waals surface area contributed by atoms with E-state index in [0.29, 0.717) is 28.1 Å². The van der Waals surface area contributed by atoms with Crippen molar-refractivity contribution in [3.05, 3.63) is 64.8 Å². The van der Waals surface area contributed by atoms with Crippen LogP contribution in [0, 0.1) is 13.8 Å². The van der Waals surface area contributed by atoms with Crippen molar-refractivity contribution in [2.45, 2.75) is 32.5 Å². The molecule has 0 saturated heterocycles. The third-order valence-corrected chi connectivity index (χ3v) is 7.26. The number of benzene rings is 1. The molecule has 180 valence electrons. The van der Waals surface area contributed by atoms with Crippen molar-refractivity contribution >= 4 is 40.0 Å². The number of amides is 1. The zero-order chi connectivity index (χ0) is 24.9. The summed E-state index contributed by atoms with van der Waals surface area (Å²) in [4.78, 5) is 29.7. The van der Waals surface area contributed by atoms with Crippen LogP contribution < -0.4 is 5.32 Å². The van der Waals surface area contributed by atoms with E-state index in [-0.39, 0.29) is 11.7 Å². The van der Waals surface area contributed by atoms with E-state index in [4.69, 9.17) is 4.74 Å². The van der Waals surface area contributed by atoms with Gasteiger partial charge in [0.15, 0.2) is 11.0 Å². The largest absolute Gasteiger partial charge is 0.465 e. The molecule has 0 aliphatic rings. The number of thioether (sulfide) groups is 1. The van der Waals surface area contributed by atoms with Crippen molar-refractivity contribution in [3.8, 4) is 22.5 Å². The molecule has 0 aliphatic heterocycles. The van der Waals surface area contributed by atoms with E-state index in [1.165, 1.54) is 30.2 Å². The van der Waals surface area contributed by atoms with Gasteiger partial charge in [-0.25, -0.2) is 4.79 Å². The van der Waals surface area contributed by atoms with Gasteiger partial charge in [0.25, 0.3) is 0 Å². The minimum absolute atomic E-state index is 0.114. The van der Waals surface area contributed by atoms with Crippen LogP contribution >= 0.6 is 23.1 Å². The number of hydrogen-bond donors (Lipinski definition) is 1. The normalized spacial score (nSPS) is 10.9. The van der Waals surface area contributed by atoms with Crippen molar-refractivity contribution in [1.29, 1.82) is 0 Å². The number of aromatic nitrogens is 4. The van der Waals surface area contributed by atoms with E-state index in [2.05, 4.69) is 20.5 Å². The number of carbonyl (C=O) groups excluding carboxylic acids is 2. The monoisotopic (exact) mass is 507 g/mol. The standard InChI is InChI=1S/C25H25N5O3S2/c1-5-30-22(17-7-6-10-26-12-17)28-29-25(30)35-14-20(31)27-23-21(24(32)33-4)19(13-34-23)18-11-15(2)8-9-16(18)3/h6-13H,5,14H2,1-4H3,(H,27,31). The van der Waals surface area contributed by atoms with E-state index < -0.39 is 5.97 Å². The fourth-order valence-corrected chi connectivity index (χ4v) is 5.43. The molecular formula is C25H25N5O3S2. The molecular weight excluding hydrogens is 482 g/mol. The number of esters is 1. The first kappa shape index (κ1) is 24.6. The second-order valence-electron chi connectivity index (χ2n) is 7.79. The Kier molecular flexibility index (Phi) is 7.62. The SMILES string of the molecule is CCn1c(SCC(=O)Nc2scc(-c3cc(C)ccc3C)c2C(=O)OC)nnc1-c1cccnc1. The highest BCUT2D eigenvalue weighted by Crippen LogP contribution is 2.38. The van der Waals surface area contributed by atoms with Gasteiger partial charge in [-0.2, -0.15) is 0 Å². The van der Waals surface area contributed by atoms with Gasteiger partial charge >= 0.3 is 5.97 Å². The molecule has 1 N–H and O–H groups in total. The fourth-order valence-electron chi connectivity index (χ4n) is 3.66. The number of aryl methyl sites for hydroxylation is 2. The van der Waals surface area contributed by atoms with Crippen LogP contribution in [0.2, 0.25) is 0 Å². The first-order valence-electron chi connectivity index (χ1n) is 11.0. The Morgan fingerprint density at radius 1 is 1.17 bits per heavy atom. The second-order valence-corrected chi connectivity index (χ2v) is 9.61. The van der Waals surface area contributed by atoms with Crippen molar-refractivity contribution in [3.63, 3.8) is 0 Å². The topological polar surface area (TPSA) is 99.0 Å². The smallest absolute Gasteiger partial charge is 0.341 e. The van der Waals surface area contributed by atoms with Gasteiger partial charge in [-0.15, -0.1) is 21.5 Å². The number of thiophene rings is 1. The average molecular weight is 508 g/mol. The summed E-state index contributed by atoms with van der Waals surface area (Å²) in [6, 6.07) is 9.84. The lowest BCUT2D eigenvalue weighted by atomic mass is 9.97. The lowest BCUT2D eigenvalue weighted by Crippen LogP contribution is -2.16. The molecule has 1 aromatic carbocycles. The fraction of sp³-hybridized carbons (Fsp3) is 0.240. The summed E-state index contributed by atoms with van der Waals surface area (Å²) in [5, 5.41) is 14.4. The first-order chi connectivity index (χ1) is 16.9. The molecule has 8 nitrogen and oxygen atoms in total. The predicted octanol–water partition coefficient (Wildman–Crippen LogP) is 5.22. The number of ether oxygens (including phenoxy) is 1. The Bertz CT molecular complexity index is 1360. The van der Waals surface area contributed by atoms with Crippen LogP contribution in [0.5, 0.6) is 0 Å². The molecule has 4 rings (SSSR count). The number of carbonyl (C=O) groups is 2. The van der Waals surface area contributed by atoms with Crippen molar-refractivity contribution < 1.29 is 14.3 Å². The zero-order valence-electron chi connectivity index (χ0n) is 19.9. The van der Waals surface area contributed by atoms with E-state index in [1.54, 1.807) is 12.4 Å². The third-order valence-electron chi connectivity index (χ3n) is 5.40. The maximum absolute atomic E-state index is 12.8. The predicted molar refractivity (Wildman–Crippen MR) is 139 cm³/mol. The maximum Gasteiger partial charge on any atom is 0.341 e. The van der Waals surface area contributed by atoms with Gasteiger partial charge in [-0.05, 0) is 44.0 Å². The molecule has 0 spiro atoms. The van der Waals surface area contributed by atoms with Gasteiger partial charge in [-0.1, -0.05) is 35.5 Å². The summed E-state index contributed by atoms with van der Waals surface area (Å²) in [7, 11) is 1.34. The number of nitrogens with zero attached hydrogens (tertiary/aromatic N) is 4. The van der Waals surface area contributed by atoms with Gasteiger partial charge < -0.3 is 14.6 Å². The molecule has 10 heteroatoms. The molecule has 4 aromatic rings. The number of rotatable bonds is 8. The average Bonchev–Trinajstić information content (AvgIpc) is 3.48. The summed E-state index contributed by atoms with van der Waals surface area (Å²) < 4.78 is 6.98. The molecule has 35 heavy (non-hydrogen) atoms. The van der Waals surface area contributed by atoms with E-state index in [0.717, 1.165) is 27.8 Å². The molecule has 0 unspecified atom stereocenters. The Hall–Kier alpha value is -3.50.